The highest BCUT2D eigenvalue weighted by Crippen LogP contribution is 2.69. The van der Waals surface area contributed by atoms with Crippen LogP contribution in [0.1, 0.15) is 18.4 Å². The van der Waals surface area contributed by atoms with E-state index in [4.69, 9.17) is 23.7 Å². The Kier molecular flexibility index (Phi) is 5.49. The lowest BCUT2D eigenvalue weighted by molar-refractivity contribution is -0.483. The standard InChI is InChI=1S/C18H23NO6/c1-6-25-15(20)16(12-19)14(13-10-8-7-9-11-13)17(21-2,22-3)18(16,23-4)24-5/h7-11,14H,6H2,1-5H3/t14-,16+/m1/s1. The quantitative estimate of drug-likeness (QED) is 0.548. The van der Waals surface area contributed by atoms with E-state index in [-0.39, 0.29) is 6.61 Å². The van der Waals surface area contributed by atoms with Crippen LogP contribution in [0.15, 0.2) is 30.3 Å². The van der Waals surface area contributed by atoms with Crippen molar-refractivity contribution in [3.05, 3.63) is 35.9 Å². The molecule has 1 aromatic rings. The van der Waals surface area contributed by atoms with Crippen LogP contribution in [0.2, 0.25) is 0 Å². The fourth-order valence-corrected chi connectivity index (χ4v) is 3.94. The largest absolute Gasteiger partial charge is 0.465 e. The van der Waals surface area contributed by atoms with Crippen molar-refractivity contribution in [3.8, 4) is 6.07 Å². The maximum Gasteiger partial charge on any atom is 0.333 e. The molecule has 7 nitrogen and oxygen atoms in total. The lowest BCUT2D eigenvalue weighted by Crippen LogP contribution is -2.84. The van der Waals surface area contributed by atoms with Gasteiger partial charge >= 0.3 is 5.97 Å². The molecule has 1 fully saturated rings. The Bertz CT molecular complexity index is 647. The Morgan fingerprint density at radius 2 is 1.64 bits per heavy atom. The number of benzene rings is 1. The van der Waals surface area contributed by atoms with Gasteiger partial charge in [0.05, 0.1) is 18.6 Å². The fraction of sp³-hybridized carbons (Fsp3) is 0.556. The molecule has 25 heavy (non-hydrogen) atoms. The van der Waals surface area contributed by atoms with Crippen molar-refractivity contribution in [2.75, 3.05) is 35.0 Å². The van der Waals surface area contributed by atoms with Crippen molar-refractivity contribution in [2.24, 2.45) is 5.41 Å². The minimum absolute atomic E-state index is 0.111. The van der Waals surface area contributed by atoms with E-state index in [2.05, 4.69) is 6.07 Å². The summed E-state index contributed by atoms with van der Waals surface area (Å²) in [6.45, 7) is 1.78. The zero-order chi connectivity index (χ0) is 18.7. The molecule has 0 spiro atoms. The number of nitriles is 1. The van der Waals surface area contributed by atoms with E-state index >= 15 is 0 Å². The number of esters is 1. The van der Waals surface area contributed by atoms with Crippen LogP contribution >= 0.6 is 0 Å². The highest BCUT2D eigenvalue weighted by Gasteiger charge is 2.89. The van der Waals surface area contributed by atoms with E-state index in [1.165, 1.54) is 28.4 Å². The molecule has 1 saturated carbocycles. The first-order chi connectivity index (χ1) is 12.0. The highest BCUT2D eigenvalue weighted by atomic mass is 16.8. The smallest absolute Gasteiger partial charge is 0.333 e. The zero-order valence-electron chi connectivity index (χ0n) is 15.1. The molecule has 2 atom stereocenters. The first-order valence-electron chi connectivity index (χ1n) is 7.85. The summed E-state index contributed by atoms with van der Waals surface area (Å²) in [5, 5.41) is 10.1. The molecule has 0 N–H and O–H groups in total. The second-order valence-corrected chi connectivity index (χ2v) is 5.58. The molecule has 0 aliphatic heterocycles. The number of rotatable bonds is 7. The Morgan fingerprint density at radius 3 is 2.04 bits per heavy atom. The molecular weight excluding hydrogens is 326 g/mol. The van der Waals surface area contributed by atoms with Crippen LogP contribution in [0, 0.1) is 16.7 Å². The molecule has 0 bridgehead atoms. The van der Waals surface area contributed by atoms with Gasteiger partial charge in [0.2, 0.25) is 11.2 Å². The number of methoxy groups -OCH3 is 4. The van der Waals surface area contributed by atoms with Gasteiger partial charge in [-0.05, 0) is 12.5 Å². The van der Waals surface area contributed by atoms with Crippen molar-refractivity contribution in [3.63, 3.8) is 0 Å². The number of hydrogen-bond donors (Lipinski definition) is 0. The molecule has 1 aromatic carbocycles. The van der Waals surface area contributed by atoms with Crippen molar-refractivity contribution in [1.29, 1.82) is 5.26 Å². The van der Waals surface area contributed by atoms with E-state index < -0.39 is 28.9 Å². The lowest BCUT2D eigenvalue weighted by Gasteiger charge is -2.66. The SMILES string of the molecule is CCOC(=O)[C@]1(C#N)[C@@H](c2ccccc2)C(OC)(OC)C1(OC)OC. The van der Waals surface area contributed by atoms with Crippen molar-refractivity contribution in [2.45, 2.75) is 24.4 Å². The molecule has 1 aliphatic carbocycles. The number of hydrogen-bond acceptors (Lipinski definition) is 7. The van der Waals surface area contributed by atoms with Crippen LogP contribution in [0.25, 0.3) is 0 Å². The molecule has 0 radical (unpaired) electrons. The van der Waals surface area contributed by atoms with Gasteiger partial charge in [-0.1, -0.05) is 30.3 Å². The summed E-state index contributed by atoms with van der Waals surface area (Å²) in [6, 6.07) is 11.1. The van der Waals surface area contributed by atoms with Gasteiger partial charge in [0.1, 0.15) is 0 Å². The summed E-state index contributed by atoms with van der Waals surface area (Å²) >= 11 is 0. The molecule has 0 amide bonds. The first-order valence-corrected chi connectivity index (χ1v) is 7.85. The summed E-state index contributed by atoms with van der Waals surface area (Å²) in [4.78, 5) is 12.9. The summed E-state index contributed by atoms with van der Waals surface area (Å²) in [7, 11) is 5.50. The fourth-order valence-electron chi connectivity index (χ4n) is 3.94. The number of nitrogens with zero attached hydrogens (tertiary/aromatic N) is 1. The van der Waals surface area contributed by atoms with Gasteiger partial charge in [0, 0.05) is 28.4 Å². The number of carbonyl (C=O) groups excluding carboxylic acids is 1. The van der Waals surface area contributed by atoms with Crippen molar-refractivity contribution in [1.82, 2.24) is 0 Å². The van der Waals surface area contributed by atoms with Gasteiger partial charge in [0.15, 0.2) is 0 Å². The molecular formula is C18H23NO6. The Balaban J connectivity index is 2.79. The van der Waals surface area contributed by atoms with Crippen LogP contribution in [0.4, 0.5) is 0 Å². The van der Waals surface area contributed by atoms with Crippen LogP contribution in [-0.4, -0.2) is 52.6 Å². The third-order valence-electron chi connectivity index (χ3n) is 4.88. The maximum absolute atomic E-state index is 12.9. The Labute approximate surface area is 147 Å². The zero-order valence-corrected chi connectivity index (χ0v) is 15.1. The minimum atomic E-state index is -1.81. The summed E-state index contributed by atoms with van der Waals surface area (Å²) < 4.78 is 27.6. The summed E-state index contributed by atoms with van der Waals surface area (Å²) in [5.41, 5.74) is -1.13. The summed E-state index contributed by atoms with van der Waals surface area (Å²) in [6.07, 6.45) is 0. The van der Waals surface area contributed by atoms with E-state index in [0.29, 0.717) is 5.56 Å². The molecule has 2 rings (SSSR count). The van der Waals surface area contributed by atoms with E-state index in [1.807, 2.05) is 6.07 Å². The predicted octanol–water partition coefficient (Wildman–Crippen LogP) is 1.84. The predicted molar refractivity (Wildman–Crippen MR) is 87.4 cm³/mol. The van der Waals surface area contributed by atoms with Crippen LogP contribution < -0.4 is 0 Å². The average Bonchev–Trinajstić information content (AvgIpc) is 2.64. The van der Waals surface area contributed by atoms with Gasteiger partial charge in [-0.25, -0.2) is 0 Å². The van der Waals surface area contributed by atoms with Crippen LogP contribution in [0.5, 0.6) is 0 Å². The van der Waals surface area contributed by atoms with E-state index in [9.17, 15) is 10.1 Å². The normalized spacial score (nSPS) is 26.3. The van der Waals surface area contributed by atoms with Crippen LogP contribution in [-0.2, 0) is 28.5 Å². The van der Waals surface area contributed by atoms with Crippen molar-refractivity contribution >= 4 is 5.97 Å². The van der Waals surface area contributed by atoms with Gasteiger partial charge in [-0.2, -0.15) is 5.26 Å². The Hall–Kier alpha value is -1.98. The van der Waals surface area contributed by atoms with Crippen LogP contribution in [0.3, 0.4) is 0 Å². The van der Waals surface area contributed by atoms with E-state index in [1.54, 1.807) is 31.2 Å². The van der Waals surface area contributed by atoms with Gasteiger partial charge < -0.3 is 23.7 Å². The van der Waals surface area contributed by atoms with Gasteiger partial charge in [-0.3, -0.25) is 4.79 Å². The van der Waals surface area contributed by atoms with Gasteiger partial charge in [0.25, 0.3) is 5.79 Å². The molecule has 0 saturated heterocycles. The third kappa shape index (κ3) is 2.15. The monoisotopic (exact) mass is 349 g/mol. The molecule has 0 aromatic heterocycles. The average molecular weight is 349 g/mol. The third-order valence-corrected chi connectivity index (χ3v) is 4.88. The Morgan fingerprint density at radius 1 is 1.08 bits per heavy atom. The highest BCUT2D eigenvalue weighted by molar-refractivity contribution is 5.86. The maximum atomic E-state index is 12.9. The number of ether oxygens (including phenoxy) is 5. The lowest BCUT2D eigenvalue weighted by atomic mass is 9.49. The minimum Gasteiger partial charge on any atom is -0.465 e. The second kappa shape index (κ2) is 7.10. The molecule has 1 aliphatic rings. The van der Waals surface area contributed by atoms with Crippen molar-refractivity contribution < 1.29 is 28.5 Å². The number of carbonyl (C=O) groups is 1. The summed E-state index contributed by atoms with van der Waals surface area (Å²) in [5.74, 6) is -4.88. The molecule has 0 heterocycles. The van der Waals surface area contributed by atoms with E-state index in [0.717, 1.165) is 0 Å². The topological polar surface area (TPSA) is 87.0 Å². The molecule has 136 valence electrons. The molecule has 7 heteroatoms. The second-order valence-electron chi connectivity index (χ2n) is 5.58. The van der Waals surface area contributed by atoms with Gasteiger partial charge in [-0.15, -0.1) is 0 Å². The first kappa shape index (κ1) is 19.3. The molecule has 0 unspecified atom stereocenters.